The van der Waals surface area contributed by atoms with Crippen LogP contribution in [0.1, 0.15) is 152 Å². The molecule has 34 heteroatoms. The number of aryl methyl sites for hydroxylation is 1. The Hall–Kier alpha value is 1.78. The molecule has 2 aliphatic heterocycles. The molecule has 0 aliphatic carbocycles. The number of ketones is 2. The first-order valence-electron chi connectivity index (χ1n) is 26.9. The molecule has 1 atom stereocenters. The van der Waals surface area contributed by atoms with Crippen LogP contribution in [0.2, 0.25) is 0 Å². The number of thioether (sulfide) groups is 2. The number of hydrogen-bond acceptors (Lipinski definition) is 22. The fourth-order valence-corrected chi connectivity index (χ4v) is 7.82. The third kappa shape index (κ3) is 82.1. The van der Waals surface area contributed by atoms with Crippen LogP contribution in [0.3, 0.4) is 0 Å². The summed E-state index contributed by atoms with van der Waals surface area (Å²) in [5.41, 5.74) is 7.64. The maximum atomic E-state index is 11.8. The molecular formula is C55H92ClI7N2O17PS4V2-2. The number of halogens is 8. The van der Waals surface area contributed by atoms with Gasteiger partial charge >= 0.3 is 156 Å². The Labute approximate surface area is 650 Å². The Balaban J connectivity index is -0.000000101. The normalized spacial score (nSPS) is 11.4. The number of ether oxygens (including phenoxy) is 7. The van der Waals surface area contributed by atoms with Gasteiger partial charge in [0.25, 0.3) is 0 Å². The fraction of sp³-hybridized carbons (Fsp3) is 0.636. The van der Waals surface area contributed by atoms with E-state index in [2.05, 4.69) is 220 Å². The number of nitrogen functional groups attached to an aromatic ring is 1. The first-order valence-corrected chi connectivity index (χ1v) is 57.3. The fourth-order valence-electron chi connectivity index (χ4n) is 4.58. The zero-order valence-corrected chi connectivity index (χ0v) is 76.7. The third-order valence-corrected chi connectivity index (χ3v) is 12.2. The van der Waals surface area contributed by atoms with Gasteiger partial charge in [0.15, 0.2) is 20.0 Å². The zero-order chi connectivity index (χ0) is 71.9. The number of nitrogens with two attached hydrogens (primary N) is 1. The molecule has 2 N–H and O–H groups in total. The number of alkyl halides is 3. The van der Waals surface area contributed by atoms with Gasteiger partial charge < -0.3 is 52.7 Å². The summed E-state index contributed by atoms with van der Waals surface area (Å²) in [6, 6.07) is 0. The number of isothiocyanates is 1. The van der Waals surface area contributed by atoms with Crippen molar-refractivity contribution in [1.82, 2.24) is 0 Å². The van der Waals surface area contributed by atoms with Gasteiger partial charge in [-0.3, -0.25) is 28.5 Å². The van der Waals surface area contributed by atoms with Crippen molar-refractivity contribution >= 4 is 276 Å². The van der Waals surface area contributed by atoms with Gasteiger partial charge in [-0.05, 0) is 95.3 Å². The van der Waals surface area contributed by atoms with Crippen molar-refractivity contribution in [2.24, 2.45) is 10.9 Å². The summed E-state index contributed by atoms with van der Waals surface area (Å²) >= 11 is 30.2. The van der Waals surface area contributed by atoms with E-state index < -0.39 is 24.0 Å². The number of thiophene rings is 1. The van der Waals surface area contributed by atoms with Crippen LogP contribution in [0.25, 0.3) is 0 Å². The molecule has 0 aromatic carbocycles. The number of amides is 1. The van der Waals surface area contributed by atoms with Gasteiger partial charge in [0, 0.05) is 26.2 Å². The van der Waals surface area contributed by atoms with Crippen LogP contribution in [0.5, 0.6) is 0 Å². The van der Waals surface area contributed by atoms with Crippen LogP contribution < -0.4 is 5.73 Å². The number of aliphatic imine (C=N–C) groups is 1. The topological polar surface area (TPSA) is 274 Å². The molecule has 0 saturated carbocycles. The number of carbonyl (C=O) groups is 9. The molecule has 2 aliphatic rings. The Morgan fingerprint density at radius 2 is 1.12 bits per heavy atom. The zero-order valence-electron chi connectivity index (χ0n) is 53.9. The van der Waals surface area contributed by atoms with E-state index in [0.29, 0.717) is 63.5 Å². The average Bonchev–Trinajstić information content (AvgIpc) is 2.35. The Morgan fingerprint density at radius 3 is 1.46 bits per heavy atom. The molecule has 0 saturated heterocycles. The van der Waals surface area contributed by atoms with Gasteiger partial charge in [0.1, 0.15) is 17.0 Å². The summed E-state index contributed by atoms with van der Waals surface area (Å²) < 4.78 is 44.1. The van der Waals surface area contributed by atoms with E-state index in [1.165, 1.54) is 40.4 Å². The van der Waals surface area contributed by atoms with Crippen molar-refractivity contribution in [2.45, 2.75) is 147 Å². The number of thiocarbonyl (C=S) groups is 1. The Kier molecular flexibility index (Phi) is 111. The molecule has 19 nitrogen and oxygen atoms in total. The van der Waals surface area contributed by atoms with E-state index in [9.17, 15) is 43.2 Å². The molecule has 0 fully saturated rings. The molecule has 1 aromatic heterocycles. The minimum absolute atomic E-state index is 0.00454. The van der Waals surface area contributed by atoms with Crippen LogP contribution in [0.4, 0.5) is 9.80 Å². The number of rotatable bonds is 18. The first kappa shape index (κ1) is 112. The molecule has 1 unspecified atom stereocenters. The quantitative estimate of drug-likeness (QED) is 0.0137. The maximum absolute atomic E-state index is 11.8. The third-order valence-electron chi connectivity index (χ3n) is 7.30. The van der Waals surface area contributed by atoms with E-state index in [1.54, 1.807) is 80.7 Å². The monoisotopic (exact) mass is 2240 g/mol. The molecule has 3 rings (SSSR count). The van der Waals surface area contributed by atoms with E-state index in [-0.39, 0.29) is 98.5 Å². The number of Topliss-reactive ketones (excluding diaryl/α,β-unsaturated/α-hetero) is 2. The Morgan fingerprint density at radius 1 is 0.764 bits per heavy atom. The summed E-state index contributed by atoms with van der Waals surface area (Å²) in [6.45, 7) is 40.3. The van der Waals surface area contributed by atoms with Crippen LogP contribution in [-0.2, 0) is 85.7 Å². The van der Waals surface area contributed by atoms with E-state index >= 15 is 0 Å². The van der Waals surface area contributed by atoms with Crippen molar-refractivity contribution in [3.05, 3.63) is 51.3 Å². The van der Waals surface area contributed by atoms with Crippen molar-refractivity contribution in [1.29, 1.82) is 0 Å². The van der Waals surface area contributed by atoms with Crippen molar-refractivity contribution < 1.29 is 95.3 Å². The van der Waals surface area contributed by atoms with Crippen molar-refractivity contribution in [3.8, 4) is 0 Å². The van der Waals surface area contributed by atoms with E-state index in [1.807, 2.05) is 24.4 Å². The van der Waals surface area contributed by atoms with Crippen LogP contribution in [0.15, 0.2) is 31.3 Å². The summed E-state index contributed by atoms with van der Waals surface area (Å²) in [5.74, 6) is -2.08. The molecule has 0 spiro atoms. The molecule has 1 aromatic rings. The molecule has 3 heterocycles. The standard InChI is InChI=1S/C12H18O4S.C11H14O5S.C8H11NO2S.C6H9ClO3.C4H5NO2S.2C3H7I.C3H8.2C2H5.CH3OP.5HI.2V/c1-4-15-10(13)6-9-11(8(3)7-17-9)12(14)16-5-2;1-3-15-9(13)5-8-10(7(12)6-17-8)11(14)16-4-2;1-3-11-8(10)6-5(2)4-12-7(6)9;1-2-10-6(9)3-5(8)4-7;1-2-7-4(6)5-3-8;1-3(2)4;1-2-3-4;1-3-2;2*1-2;1-3-2;;;;;;;/h8H,4-7H2,1-3H3;3-6H2,1-2H3;4H,3,9H2,1-2H3;2-4H2,1H3;2H2,1H3;3H,1-2H3;2-3H2,1H3;3H2,1-2H3;2*1H2,2H3;1H3;5*1H;;/q;;;;;;;;2*-1;;;;;;;+2;+3/p-5. The van der Waals surface area contributed by atoms with Gasteiger partial charge in [-0.25, -0.2) is 19.2 Å². The SMILES string of the molecule is CC(C)I.CCC.CCCI.CCOC(=O)CC(=O)CCl.CCOC(=O)CC1=C(C(=O)OCC)C(=O)CS1.CCOC(=O)CC1=C(C(=O)OCC)C(C)CS1.CCOC(=O)N=C=S.CCOC(=O)c1c(C)csc1N.CP=O.[CH2-]C.[CH2-]C.[I][V]([I])[I].[I][V][I]. The van der Waals surface area contributed by atoms with Gasteiger partial charge in [0.2, 0.25) is 0 Å². The van der Waals surface area contributed by atoms with E-state index in [0.717, 1.165) is 20.1 Å². The van der Waals surface area contributed by atoms with Crippen LogP contribution in [0, 0.1) is 26.7 Å². The molecule has 521 valence electrons. The van der Waals surface area contributed by atoms with Gasteiger partial charge in [-0.2, -0.15) is 13.8 Å². The summed E-state index contributed by atoms with van der Waals surface area (Å²) in [4.78, 5) is 104. The predicted octanol–water partition coefficient (Wildman–Crippen LogP) is 19.1. The van der Waals surface area contributed by atoms with Crippen molar-refractivity contribution in [2.75, 3.05) is 80.5 Å². The molecular weight excluding hydrogens is 2150 g/mol. The molecule has 1 amide bonds. The average molecular weight is 2240 g/mol. The van der Waals surface area contributed by atoms with Gasteiger partial charge in [-0.1, -0.05) is 93.1 Å². The minimum atomic E-state index is -0.678. The van der Waals surface area contributed by atoms with Crippen molar-refractivity contribution in [3.63, 3.8) is 0 Å². The van der Waals surface area contributed by atoms with Crippen LogP contribution >= 0.6 is 212 Å². The summed E-state index contributed by atoms with van der Waals surface area (Å²) in [5, 5.41) is 4.27. The second-order valence-electron chi connectivity index (χ2n) is 14.7. The number of nitrogens with zero attached hydrogens (tertiary/aromatic N) is 1. The number of anilines is 1. The van der Waals surface area contributed by atoms with Crippen LogP contribution in [-0.4, -0.2) is 137 Å². The Bertz CT molecular complexity index is 2110. The van der Waals surface area contributed by atoms with Gasteiger partial charge in [-0.15, -0.1) is 51.5 Å². The number of carbonyl (C=O) groups excluding carboxylic acids is 9. The summed E-state index contributed by atoms with van der Waals surface area (Å²) in [6.07, 6.45) is 1.80. The van der Waals surface area contributed by atoms with E-state index in [4.69, 9.17) is 45.6 Å². The second kappa shape index (κ2) is 87.8. The van der Waals surface area contributed by atoms with Gasteiger partial charge in [0.05, 0.1) is 87.0 Å². The molecule has 0 radical (unpaired) electrons. The molecule has 89 heavy (non-hydrogen) atoms. The first-order chi connectivity index (χ1) is 42.0. The summed E-state index contributed by atoms with van der Waals surface area (Å²) in [7, 11) is 0.794. The second-order valence-corrected chi connectivity index (χ2v) is 69.4. The number of hydrogen-bond donors (Lipinski definition) is 1. The number of esters is 6. The predicted molar refractivity (Wildman–Crippen MR) is 427 cm³/mol. The molecule has 0 bridgehead atoms.